The molecule has 2 aromatic carbocycles. The Hall–Kier alpha value is -3.08. The number of aromatic nitrogens is 3. The smallest absolute Gasteiger partial charge is 0.242 e. The van der Waals surface area contributed by atoms with Crippen molar-refractivity contribution in [2.75, 3.05) is 19.4 Å². The van der Waals surface area contributed by atoms with Crippen LogP contribution < -0.4 is 5.32 Å². The van der Waals surface area contributed by atoms with Crippen LogP contribution in [0.4, 0.5) is 5.69 Å². The summed E-state index contributed by atoms with van der Waals surface area (Å²) in [5.41, 5.74) is 4.12. The second-order valence-electron chi connectivity index (χ2n) is 8.09. The maximum Gasteiger partial charge on any atom is 0.242 e. The van der Waals surface area contributed by atoms with Gasteiger partial charge in [0, 0.05) is 50.1 Å². The highest BCUT2D eigenvalue weighted by atomic mass is 32.2. The summed E-state index contributed by atoms with van der Waals surface area (Å²) < 4.78 is 28.1. The van der Waals surface area contributed by atoms with Gasteiger partial charge in [-0.25, -0.2) is 22.7 Å². The summed E-state index contributed by atoms with van der Waals surface area (Å²) in [6.45, 7) is 4.64. The van der Waals surface area contributed by atoms with Crippen molar-refractivity contribution in [1.82, 2.24) is 18.8 Å². The number of aryl methyl sites for hydroxylation is 3. The van der Waals surface area contributed by atoms with E-state index < -0.39 is 10.0 Å². The third-order valence-electron chi connectivity index (χ3n) is 5.55. The Morgan fingerprint density at radius 3 is 2.47 bits per heavy atom. The van der Waals surface area contributed by atoms with Crippen LogP contribution >= 0.6 is 11.3 Å². The van der Waals surface area contributed by atoms with Crippen LogP contribution in [0.25, 0.3) is 22.3 Å². The number of nitrogens with one attached hydrogen (secondary N) is 1. The van der Waals surface area contributed by atoms with Gasteiger partial charge >= 0.3 is 0 Å². The van der Waals surface area contributed by atoms with Gasteiger partial charge < -0.3 is 9.88 Å². The Morgan fingerprint density at radius 1 is 1.12 bits per heavy atom. The molecule has 4 aromatic rings. The van der Waals surface area contributed by atoms with Gasteiger partial charge in [-0.1, -0.05) is 12.1 Å². The quantitative estimate of drug-likeness (QED) is 0.391. The molecule has 178 valence electrons. The lowest BCUT2D eigenvalue weighted by atomic mass is 10.1. The molecule has 10 heteroatoms. The number of fused-ring (bicyclic) bond motifs is 1. The van der Waals surface area contributed by atoms with E-state index in [1.54, 1.807) is 29.5 Å². The molecular weight excluding hydrogens is 470 g/mol. The van der Waals surface area contributed by atoms with Gasteiger partial charge in [-0.15, -0.1) is 11.3 Å². The van der Waals surface area contributed by atoms with E-state index in [1.165, 1.54) is 18.4 Å². The molecule has 8 nitrogen and oxygen atoms in total. The van der Waals surface area contributed by atoms with Crippen molar-refractivity contribution in [1.29, 1.82) is 0 Å². The molecule has 0 aliphatic heterocycles. The van der Waals surface area contributed by atoms with Crippen LogP contribution in [-0.2, 0) is 27.8 Å². The zero-order valence-electron chi connectivity index (χ0n) is 19.6. The monoisotopic (exact) mass is 497 g/mol. The number of nitrogens with zero attached hydrogens (tertiary/aromatic N) is 4. The number of imidazole rings is 1. The number of sulfonamides is 1. The van der Waals surface area contributed by atoms with E-state index in [9.17, 15) is 13.2 Å². The largest absolute Gasteiger partial charge is 0.328 e. The van der Waals surface area contributed by atoms with E-state index >= 15 is 0 Å². The van der Waals surface area contributed by atoms with E-state index in [-0.39, 0.29) is 17.2 Å². The number of benzene rings is 2. The SMILES string of the molecule is CCn1c(CCC(=O)Nc2ccc(-c3csc(C)n3)cc2)nc2cc(S(=O)(=O)N(C)C)ccc21. The molecule has 4 rings (SSSR count). The number of amides is 1. The number of rotatable bonds is 8. The minimum Gasteiger partial charge on any atom is -0.328 e. The predicted molar refractivity (Wildman–Crippen MR) is 136 cm³/mol. The summed E-state index contributed by atoms with van der Waals surface area (Å²) in [7, 11) is -0.539. The molecule has 0 saturated carbocycles. The Labute approximate surface area is 203 Å². The normalized spacial score (nSPS) is 11.9. The maximum absolute atomic E-state index is 12.6. The summed E-state index contributed by atoms with van der Waals surface area (Å²) in [5, 5.41) is 5.96. The zero-order valence-corrected chi connectivity index (χ0v) is 21.2. The molecule has 0 atom stereocenters. The molecule has 1 amide bonds. The van der Waals surface area contributed by atoms with Gasteiger partial charge in [0.05, 0.1) is 26.6 Å². The first kappa shape index (κ1) is 24.1. The topological polar surface area (TPSA) is 97.2 Å². The first-order chi connectivity index (χ1) is 16.2. The Morgan fingerprint density at radius 2 is 1.85 bits per heavy atom. The molecule has 34 heavy (non-hydrogen) atoms. The van der Waals surface area contributed by atoms with Crippen molar-refractivity contribution in [3.8, 4) is 11.3 Å². The van der Waals surface area contributed by atoms with Crippen LogP contribution in [0.3, 0.4) is 0 Å². The van der Waals surface area contributed by atoms with Crippen molar-refractivity contribution >= 4 is 44.0 Å². The van der Waals surface area contributed by atoms with E-state index in [2.05, 4.69) is 15.3 Å². The number of thiazole rings is 1. The van der Waals surface area contributed by atoms with Crippen LogP contribution in [0.15, 0.2) is 52.7 Å². The fourth-order valence-corrected chi connectivity index (χ4v) is 5.29. The average Bonchev–Trinajstić information content (AvgIpc) is 3.40. The molecule has 1 N–H and O–H groups in total. The van der Waals surface area contributed by atoms with Crippen LogP contribution in [0.2, 0.25) is 0 Å². The highest BCUT2D eigenvalue weighted by Crippen LogP contribution is 2.24. The van der Waals surface area contributed by atoms with Gasteiger partial charge in [0.25, 0.3) is 0 Å². The summed E-state index contributed by atoms with van der Waals surface area (Å²) in [5.74, 6) is 0.643. The zero-order chi connectivity index (χ0) is 24.5. The number of anilines is 1. The number of hydrogen-bond acceptors (Lipinski definition) is 6. The van der Waals surface area contributed by atoms with E-state index in [0.717, 1.165) is 33.3 Å². The van der Waals surface area contributed by atoms with Crippen molar-refractivity contribution in [2.45, 2.75) is 38.1 Å². The maximum atomic E-state index is 12.6. The first-order valence-electron chi connectivity index (χ1n) is 10.9. The van der Waals surface area contributed by atoms with Gasteiger partial charge in [-0.05, 0) is 44.2 Å². The lowest BCUT2D eigenvalue weighted by Gasteiger charge is -2.11. The van der Waals surface area contributed by atoms with Crippen LogP contribution in [-0.4, -0.2) is 47.3 Å². The predicted octanol–water partition coefficient (Wildman–Crippen LogP) is 4.31. The lowest BCUT2D eigenvalue weighted by Crippen LogP contribution is -2.22. The molecule has 0 bridgehead atoms. The van der Waals surface area contributed by atoms with E-state index in [1.807, 2.05) is 48.1 Å². The minimum atomic E-state index is -3.54. The van der Waals surface area contributed by atoms with Crippen molar-refractivity contribution in [3.63, 3.8) is 0 Å². The average molecular weight is 498 g/mol. The number of hydrogen-bond donors (Lipinski definition) is 1. The standard InChI is InChI=1S/C24H27N5O3S2/c1-5-29-22-11-10-19(34(31,32)28(3)4)14-20(22)27-23(29)12-13-24(30)26-18-8-6-17(7-9-18)21-15-33-16(2)25-21/h6-11,14-15H,5,12-13H2,1-4H3,(H,26,30). The van der Waals surface area contributed by atoms with Gasteiger partial charge in [-0.3, -0.25) is 4.79 Å². The Balaban J connectivity index is 1.45. The van der Waals surface area contributed by atoms with Crippen LogP contribution in [0.5, 0.6) is 0 Å². The molecule has 0 spiro atoms. The fraction of sp³-hybridized carbons (Fsp3) is 0.292. The molecular formula is C24H27N5O3S2. The third kappa shape index (κ3) is 4.89. The first-order valence-corrected chi connectivity index (χ1v) is 13.2. The van der Waals surface area contributed by atoms with E-state index in [4.69, 9.17) is 0 Å². The highest BCUT2D eigenvalue weighted by Gasteiger charge is 2.19. The third-order valence-corrected chi connectivity index (χ3v) is 8.14. The highest BCUT2D eigenvalue weighted by molar-refractivity contribution is 7.89. The molecule has 0 unspecified atom stereocenters. The van der Waals surface area contributed by atoms with Crippen LogP contribution in [0, 0.1) is 6.92 Å². The summed E-state index contributed by atoms with van der Waals surface area (Å²) in [4.78, 5) is 21.9. The molecule has 2 aromatic heterocycles. The summed E-state index contributed by atoms with van der Waals surface area (Å²) in [6.07, 6.45) is 0.708. The molecule has 2 heterocycles. The Kier molecular flexibility index (Phi) is 6.83. The molecule has 0 saturated heterocycles. The minimum absolute atomic E-state index is 0.108. The van der Waals surface area contributed by atoms with E-state index in [0.29, 0.717) is 18.5 Å². The van der Waals surface area contributed by atoms with Gasteiger partial charge in [-0.2, -0.15) is 0 Å². The van der Waals surface area contributed by atoms with Gasteiger partial charge in [0.2, 0.25) is 15.9 Å². The second-order valence-corrected chi connectivity index (χ2v) is 11.3. The number of carbonyl (C=O) groups is 1. The molecule has 0 aliphatic rings. The molecule has 0 radical (unpaired) electrons. The van der Waals surface area contributed by atoms with Crippen LogP contribution in [0.1, 0.15) is 24.2 Å². The van der Waals surface area contributed by atoms with Crippen molar-refractivity contribution < 1.29 is 13.2 Å². The van der Waals surface area contributed by atoms with Gasteiger partial charge in [0.1, 0.15) is 5.82 Å². The molecule has 0 fully saturated rings. The fourth-order valence-electron chi connectivity index (χ4n) is 3.74. The molecule has 0 aliphatic carbocycles. The second kappa shape index (κ2) is 9.65. The summed E-state index contributed by atoms with van der Waals surface area (Å²) >= 11 is 1.61. The Bertz CT molecular complexity index is 1440. The number of carbonyl (C=O) groups excluding carboxylic acids is 1. The van der Waals surface area contributed by atoms with Gasteiger partial charge in [0.15, 0.2) is 0 Å². The van der Waals surface area contributed by atoms with Crippen molar-refractivity contribution in [3.05, 3.63) is 58.7 Å². The van der Waals surface area contributed by atoms with Crippen molar-refractivity contribution in [2.24, 2.45) is 0 Å². The lowest BCUT2D eigenvalue weighted by molar-refractivity contribution is -0.116. The summed E-state index contributed by atoms with van der Waals surface area (Å²) in [6, 6.07) is 12.6.